The lowest BCUT2D eigenvalue weighted by molar-refractivity contribution is 0.686. The first-order chi connectivity index (χ1) is 10.7. The van der Waals surface area contributed by atoms with E-state index in [1.165, 1.54) is 10.4 Å². The lowest BCUT2D eigenvalue weighted by atomic mass is 10.1. The van der Waals surface area contributed by atoms with Gasteiger partial charge in [-0.05, 0) is 26.3 Å². The van der Waals surface area contributed by atoms with Crippen molar-refractivity contribution in [1.82, 2.24) is 15.6 Å². The number of hydrogen-bond donors (Lipinski definition) is 2. The molecule has 0 saturated heterocycles. The first-order valence-electron chi connectivity index (χ1n) is 7.70. The van der Waals surface area contributed by atoms with Gasteiger partial charge in [0.25, 0.3) is 0 Å². The van der Waals surface area contributed by atoms with Gasteiger partial charge in [0.05, 0.1) is 11.0 Å². The maximum absolute atomic E-state index is 4.64. The molecule has 6 heteroatoms. The summed E-state index contributed by atoms with van der Waals surface area (Å²) in [5, 5.41) is 7.89. The highest BCUT2D eigenvalue weighted by Crippen LogP contribution is 2.12. The second-order valence-corrected chi connectivity index (χ2v) is 6.47. The van der Waals surface area contributed by atoms with E-state index < -0.39 is 0 Å². The van der Waals surface area contributed by atoms with E-state index in [0.29, 0.717) is 0 Å². The lowest BCUT2D eigenvalue weighted by Gasteiger charge is -2.18. The van der Waals surface area contributed by atoms with E-state index in [2.05, 4.69) is 65.6 Å². The van der Waals surface area contributed by atoms with Crippen molar-refractivity contribution in [2.45, 2.75) is 33.2 Å². The molecule has 0 spiro atoms. The zero-order valence-electron chi connectivity index (χ0n) is 13.9. The van der Waals surface area contributed by atoms with Crippen LogP contribution in [0.1, 0.15) is 35.3 Å². The third kappa shape index (κ3) is 6.87. The molecule has 126 valence electrons. The van der Waals surface area contributed by atoms with Gasteiger partial charge in [-0.3, -0.25) is 4.99 Å². The molecular formula is C17H25IN4S. The minimum atomic E-state index is 0. The molecule has 0 aliphatic carbocycles. The number of aromatic nitrogens is 1. The second-order valence-electron chi connectivity index (χ2n) is 5.15. The number of guanidine groups is 1. The van der Waals surface area contributed by atoms with Crippen LogP contribution in [0.3, 0.4) is 0 Å². The van der Waals surface area contributed by atoms with Crippen molar-refractivity contribution >= 4 is 41.3 Å². The number of nitrogens with one attached hydrogen (secondary N) is 2. The summed E-state index contributed by atoms with van der Waals surface area (Å²) in [7, 11) is 0. The fourth-order valence-corrected chi connectivity index (χ4v) is 2.91. The first-order valence-corrected chi connectivity index (χ1v) is 8.51. The van der Waals surface area contributed by atoms with E-state index in [0.717, 1.165) is 30.5 Å². The first kappa shape index (κ1) is 19.9. The van der Waals surface area contributed by atoms with Gasteiger partial charge >= 0.3 is 0 Å². The Morgan fingerprint density at radius 3 is 2.65 bits per heavy atom. The molecule has 2 N–H and O–H groups in total. The maximum Gasteiger partial charge on any atom is 0.191 e. The molecule has 0 fully saturated rings. The Morgan fingerprint density at radius 2 is 2.04 bits per heavy atom. The van der Waals surface area contributed by atoms with Gasteiger partial charge in [0.2, 0.25) is 0 Å². The molecule has 0 aliphatic heterocycles. The predicted octanol–water partition coefficient (Wildman–Crippen LogP) is 3.93. The fraction of sp³-hybridized carbons (Fsp3) is 0.412. The Labute approximate surface area is 159 Å². The van der Waals surface area contributed by atoms with Gasteiger partial charge in [-0.15, -0.1) is 35.3 Å². The van der Waals surface area contributed by atoms with Gasteiger partial charge in [-0.1, -0.05) is 30.3 Å². The highest BCUT2D eigenvalue weighted by Gasteiger charge is 2.07. The molecule has 0 radical (unpaired) electrons. The van der Waals surface area contributed by atoms with E-state index in [1.807, 2.05) is 12.3 Å². The third-order valence-electron chi connectivity index (χ3n) is 3.26. The second kappa shape index (κ2) is 10.6. The Hall–Kier alpha value is -1.15. The van der Waals surface area contributed by atoms with Crippen molar-refractivity contribution in [2.24, 2.45) is 4.99 Å². The van der Waals surface area contributed by atoms with Crippen molar-refractivity contribution in [3.63, 3.8) is 0 Å². The van der Waals surface area contributed by atoms with Crippen LogP contribution in [0, 0.1) is 6.92 Å². The number of halogens is 1. The Kier molecular flexibility index (Phi) is 9.16. The summed E-state index contributed by atoms with van der Waals surface area (Å²) in [6, 6.07) is 10.6. The molecule has 0 saturated carbocycles. The Morgan fingerprint density at radius 1 is 1.30 bits per heavy atom. The number of aliphatic imine (C=N–C) groups is 1. The summed E-state index contributed by atoms with van der Waals surface area (Å²) < 4.78 is 0. The van der Waals surface area contributed by atoms with E-state index in [-0.39, 0.29) is 30.0 Å². The number of rotatable bonds is 6. The molecule has 1 heterocycles. The summed E-state index contributed by atoms with van der Waals surface area (Å²) in [4.78, 5) is 10.3. The standard InChI is InChI=1S/C17H24N4S.HI/c1-4-18-17(19-11-10-16-20-12-13(2)22-16)21-14(3)15-8-6-5-7-9-15;/h5-9,12,14H,4,10-11H2,1-3H3,(H2,18,19,21);1H. The Bertz CT molecular complexity index is 598. The van der Waals surface area contributed by atoms with Crippen LogP contribution in [0.4, 0.5) is 0 Å². The molecule has 0 aliphatic rings. The van der Waals surface area contributed by atoms with Crippen LogP contribution < -0.4 is 10.6 Å². The van der Waals surface area contributed by atoms with Crippen LogP contribution in [0.25, 0.3) is 0 Å². The van der Waals surface area contributed by atoms with Crippen LogP contribution in [0.5, 0.6) is 0 Å². The SMILES string of the molecule is CCNC(=NCCc1ncc(C)s1)NC(C)c1ccccc1.I. The summed E-state index contributed by atoms with van der Waals surface area (Å²) in [5.74, 6) is 0.854. The molecule has 0 bridgehead atoms. The van der Waals surface area contributed by atoms with Crippen LogP contribution in [0.2, 0.25) is 0 Å². The molecule has 1 aromatic heterocycles. The molecule has 4 nitrogen and oxygen atoms in total. The summed E-state index contributed by atoms with van der Waals surface area (Å²) in [5.41, 5.74) is 1.25. The molecular weight excluding hydrogens is 419 g/mol. The van der Waals surface area contributed by atoms with Crippen LogP contribution >= 0.6 is 35.3 Å². The topological polar surface area (TPSA) is 49.3 Å². The number of aryl methyl sites for hydroxylation is 1. The molecule has 2 aromatic rings. The minimum Gasteiger partial charge on any atom is -0.357 e. The molecule has 1 aromatic carbocycles. The van der Waals surface area contributed by atoms with Crippen molar-refractivity contribution in [1.29, 1.82) is 0 Å². The largest absolute Gasteiger partial charge is 0.357 e. The van der Waals surface area contributed by atoms with E-state index in [1.54, 1.807) is 11.3 Å². The van der Waals surface area contributed by atoms with Crippen molar-refractivity contribution in [3.8, 4) is 0 Å². The van der Waals surface area contributed by atoms with Crippen LogP contribution in [0.15, 0.2) is 41.5 Å². The van der Waals surface area contributed by atoms with Crippen molar-refractivity contribution in [3.05, 3.63) is 52.0 Å². The van der Waals surface area contributed by atoms with E-state index in [9.17, 15) is 0 Å². The maximum atomic E-state index is 4.64. The monoisotopic (exact) mass is 444 g/mol. The quantitative estimate of drug-likeness (QED) is 0.403. The van der Waals surface area contributed by atoms with Crippen molar-refractivity contribution in [2.75, 3.05) is 13.1 Å². The van der Waals surface area contributed by atoms with Gasteiger partial charge in [-0.2, -0.15) is 0 Å². The minimum absolute atomic E-state index is 0. The van der Waals surface area contributed by atoms with Crippen molar-refractivity contribution < 1.29 is 0 Å². The number of nitrogens with zero attached hydrogens (tertiary/aromatic N) is 2. The van der Waals surface area contributed by atoms with E-state index >= 15 is 0 Å². The average Bonchev–Trinajstić information content (AvgIpc) is 2.94. The lowest BCUT2D eigenvalue weighted by Crippen LogP contribution is -2.38. The molecule has 2 rings (SSSR count). The summed E-state index contributed by atoms with van der Waals surface area (Å²) in [6.45, 7) is 7.89. The van der Waals surface area contributed by atoms with Gasteiger partial charge in [0.15, 0.2) is 5.96 Å². The number of thiazole rings is 1. The average molecular weight is 444 g/mol. The number of benzene rings is 1. The van der Waals surface area contributed by atoms with Crippen LogP contribution in [-0.2, 0) is 6.42 Å². The summed E-state index contributed by atoms with van der Waals surface area (Å²) >= 11 is 1.74. The van der Waals surface area contributed by atoms with E-state index in [4.69, 9.17) is 0 Å². The normalized spacial score (nSPS) is 12.4. The van der Waals surface area contributed by atoms with Gasteiger partial charge in [0.1, 0.15) is 0 Å². The Balaban J connectivity index is 0.00000264. The zero-order valence-corrected chi connectivity index (χ0v) is 17.0. The molecule has 1 unspecified atom stereocenters. The molecule has 1 atom stereocenters. The zero-order chi connectivity index (χ0) is 15.8. The smallest absolute Gasteiger partial charge is 0.191 e. The molecule has 23 heavy (non-hydrogen) atoms. The van der Waals surface area contributed by atoms with Gasteiger partial charge in [0, 0.05) is 30.6 Å². The van der Waals surface area contributed by atoms with Gasteiger partial charge in [-0.25, -0.2) is 4.98 Å². The highest BCUT2D eigenvalue weighted by molar-refractivity contribution is 14.0. The van der Waals surface area contributed by atoms with Crippen LogP contribution in [-0.4, -0.2) is 24.0 Å². The number of hydrogen-bond acceptors (Lipinski definition) is 3. The van der Waals surface area contributed by atoms with Gasteiger partial charge < -0.3 is 10.6 Å². The highest BCUT2D eigenvalue weighted by atomic mass is 127. The molecule has 0 amide bonds. The summed E-state index contributed by atoms with van der Waals surface area (Å²) in [6.07, 6.45) is 2.81. The predicted molar refractivity (Wildman–Crippen MR) is 110 cm³/mol. The third-order valence-corrected chi connectivity index (χ3v) is 4.23. The fourth-order valence-electron chi connectivity index (χ4n) is 2.13.